The van der Waals surface area contributed by atoms with E-state index in [0.29, 0.717) is 0 Å². The smallest absolute Gasteiger partial charge is 0.0538 e. The summed E-state index contributed by atoms with van der Waals surface area (Å²) < 4.78 is 0. The van der Waals surface area contributed by atoms with Gasteiger partial charge in [-0.15, -0.1) is 0 Å². The van der Waals surface area contributed by atoms with Gasteiger partial charge in [0, 0.05) is 6.04 Å². The molecule has 0 aromatic carbocycles. The summed E-state index contributed by atoms with van der Waals surface area (Å²) in [6.45, 7) is 5.39. The van der Waals surface area contributed by atoms with E-state index in [0.717, 1.165) is 37.8 Å². The lowest BCUT2D eigenvalue weighted by atomic mass is 10.1. The van der Waals surface area contributed by atoms with E-state index in [1.165, 1.54) is 25.7 Å². The molecule has 0 heterocycles. The third-order valence-corrected chi connectivity index (χ3v) is 3.38. The van der Waals surface area contributed by atoms with Crippen LogP contribution in [0.5, 0.6) is 0 Å². The van der Waals surface area contributed by atoms with Crippen LogP contribution in [0.2, 0.25) is 0 Å². The van der Waals surface area contributed by atoms with Crippen molar-refractivity contribution in [2.45, 2.75) is 70.9 Å². The van der Waals surface area contributed by atoms with Crippen LogP contribution < -0.4 is 5.32 Å². The van der Waals surface area contributed by atoms with Crippen LogP contribution in [0.3, 0.4) is 0 Å². The second kappa shape index (κ2) is 7.24. The fourth-order valence-electron chi connectivity index (χ4n) is 2.14. The molecule has 0 aromatic rings. The Bertz CT molecular complexity index is 157. The maximum absolute atomic E-state index is 9.42. The van der Waals surface area contributed by atoms with Crippen LogP contribution in [-0.2, 0) is 0 Å². The first-order valence-electron chi connectivity index (χ1n) is 6.69. The molecule has 15 heavy (non-hydrogen) atoms. The predicted octanol–water partition coefficient (Wildman–Crippen LogP) is 2.71. The molecule has 2 nitrogen and oxygen atoms in total. The van der Waals surface area contributed by atoms with E-state index in [2.05, 4.69) is 12.2 Å². The van der Waals surface area contributed by atoms with E-state index >= 15 is 0 Å². The Hall–Kier alpha value is -0.0800. The van der Waals surface area contributed by atoms with Crippen molar-refractivity contribution < 1.29 is 5.11 Å². The molecule has 1 saturated carbocycles. The van der Waals surface area contributed by atoms with E-state index in [4.69, 9.17) is 0 Å². The summed E-state index contributed by atoms with van der Waals surface area (Å²) in [5.41, 5.74) is 0. The molecule has 0 aliphatic heterocycles. The van der Waals surface area contributed by atoms with Gasteiger partial charge in [0.1, 0.15) is 0 Å². The molecule has 2 atom stereocenters. The molecule has 2 unspecified atom stereocenters. The molecule has 0 amide bonds. The SMILES string of the molecule is CCCC(NCCCC(O)CC)C1CC1. The summed E-state index contributed by atoms with van der Waals surface area (Å²) in [5, 5.41) is 13.1. The van der Waals surface area contributed by atoms with Gasteiger partial charge in [-0.05, 0) is 51.0 Å². The maximum atomic E-state index is 9.42. The number of rotatable bonds is 9. The summed E-state index contributed by atoms with van der Waals surface area (Å²) in [4.78, 5) is 0. The largest absolute Gasteiger partial charge is 0.393 e. The van der Waals surface area contributed by atoms with Crippen LogP contribution in [0.1, 0.15) is 58.8 Å². The number of aliphatic hydroxyl groups is 1. The summed E-state index contributed by atoms with van der Waals surface area (Å²) in [6.07, 6.45) is 8.32. The maximum Gasteiger partial charge on any atom is 0.0538 e. The lowest BCUT2D eigenvalue weighted by Gasteiger charge is -2.17. The second-order valence-corrected chi connectivity index (χ2v) is 4.89. The Kier molecular flexibility index (Phi) is 6.26. The van der Waals surface area contributed by atoms with Crippen molar-refractivity contribution in [3.8, 4) is 0 Å². The molecule has 90 valence electrons. The van der Waals surface area contributed by atoms with E-state index in [-0.39, 0.29) is 6.10 Å². The van der Waals surface area contributed by atoms with Crippen LogP contribution in [-0.4, -0.2) is 23.8 Å². The van der Waals surface area contributed by atoms with Gasteiger partial charge in [-0.3, -0.25) is 0 Å². The molecule has 0 saturated heterocycles. The van der Waals surface area contributed by atoms with Crippen LogP contribution in [0.25, 0.3) is 0 Å². The molecule has 0 radical (unpaired) electrons. The zero-order chi connectivity index (χ0) is 11.1. The standard InChI is InChI=1S/C13H27NO/c1-3-6-13(11-8-9-11)14-10-5-7-12(15)4-2/h11-15H,3-10H2,1-2H3. The van der Waals surface area contributed by atoms with Crippen molar-refractivity contribution in [3.05, 3.63) is 0 Å². The Morgan fingerprint density at radius 3 is 2.53 bits per heavy atom. The van der Waals surface area contributed by atoms with Gasteiger partial charge in [-0.2, -0.15) is 0 Å². The van der Waals surface area contributed by atoms with Crippen molar-refractivity contribution in [3.63, 3.8) is 0 Å². The summed E-state index contributed by atoms with van der Waals surface area (Å²) in [5.74, 6) is 0.959. The highest BCUT2D eigenvalue weighted by molar-refractivity contribution is 4.85. The topological polar surface area (TPSA) is 32.3 Å². The van der Waals surface area contributed by atoms with Crippen LogP contribution in [0, 0.1) is 5.92 Å². The highest BCUT2D eigenvalue weighted by atomic mass is 16.3. The molecule has 1 rings (SSSR count). The summed E-state index contributed by atoms with van der Waals surface area (Å²) in [7, 11) is 0. The molecule has 0 aromatic heterocycles. The Balaban J connectivity index is 2.01. The summed E-state index contributed by atoms with van der Waals surface area (Å²) >= 11 is 0. The number of hydrogen-bond acceptors (Lipinski definition) is 2. The van der Waals surface area contributed by atoms with Crippen molar-refractivity contribution in [2.24, 2.45) is 5.92 Å². The minimum Gasteiger partial charge on any atom is -0.393 e. The average molecular weight is 213 g/mol. The van der Waals surface area contributed by atoms with E-state index < -0.39 is 0 Å². The Morgan fingerprint density at radius 2 is 2.00 bits per heavy atom. The molecule has 0 spiro atoms. The lowest BCUT2D eigenvalue weighted by molar-refractivity contribution is 0.157. The van der Waals surface area contributed by atoms with Gasteiger partial charge in [0.05, 0.1) is 6.10 Å². The molecular weight excluding hydrogens is 186 g/mol. The molecular formula is C13H27NO. The quantitative estimate of drug-likeness (QED) is 0.577. The third kappa shape index (κ3) is 5.53. The minimum absolute atomic E-state index is 0.0858. The fraction of sp³-hybridized carbons (Fsp3) is 1.00. The first kappa shape index (κ1) is 13.0. The normalized spacial score (nSPS) is 20.2. The van der Waals surface area contributed by atoms with Gasteiger partial charge in [0.15, 0.2) is 0 Å². The monoisotopic (exact) mass is 213 g/mol. The zero-order valence-electron chi connectivity index (χ0n) is 10.3. The first-order valence-corrected chi connectivity index (χ1v) is 6.69. The molecule has 1 aliphatic rings. The van der Waals surface area contributed by atoms with Crippen molar-refractivity contribution >= 4 is 0 Å². The average Bonchev–Trinajstić information content (AvgIpc) is 3.06. The molecule has 2 N–H and O–H groups in total. The van der Waals surface area contributed by atoms with Crippen LogP contribution in [0.15, 0.2) is 0 Å². The number of hydrogen-bond donors (Lipinski definition) is 2. The zero-order valence-corrected chi connectivity index (χ0v) is 10.3. The predicted molar refractivity (Wildman–Crippen MR) is 65.0 cm³/mol. The number of aliphatic hydroxyl groups excluding tert-OH is 1. The number of nitrogens with one attached hydrogen (secondary N) is 1. The van der Waals surface area contributed by atoms with E-state index in [9.17, 15) is 5.11 Å². The first-order chi connectivity index (χ1) is 7.27. The van der Waals surface area contributed by atoms with Crippen LogP contribution in [0.4, 0.5) is 0 Å². The highest BCUT2D eigenvalue weighted by Gasteiger charge is 2.29. The fourth-order valence-corrected chi connectivity index (χ4v) is 2.14. The molecule has 2 heteroatoms. The van der Waals surface area contributed by atoms with Gasteiger partial charge in [-0.1, -0.05) is 20.3 Å². The molecule has 1 fully saturated rings. The van der Waals surface area contributed by atoms with E-state index in [1.807, 2.05) is 6.92 Å². The molecule has 1 aliphatic carbocycles. The van der Waals surface area contributed by atoms with Gasteiger partial charge < -0.3 is 10.4 Å². The van der Waals surface area contributed by atoms with Gasteiger partial charge in [-0.25, -0.2) is 0 Å². The lowest BCUT2D eigenvalue weighted by Crippen LogP contribution is -2.32. The second-order valence-electron chi connectivity index (χ2n) is 4.89. The van der Waals surface area contributed by atoms with Gasteiger partial charge in [0.25, 0.3) is 0 Å². The van der Waals surface area contributed by atoms with Gasteiger partial charge >= 0.3 is 0 Å². The van der Waals surface area contributed by atoms with Crippen LogP contribution >= 0.6 is 0 Å². The Morgan fingerprint density at radius 1 is 1.27 bits per heavy atom. The van der Waals surface area contributed by atoms with Crippen molar-refractivity contribution in [1.29, 1.82) is 0 Å². The minimum atomic E-state index is -0.0858. The van der Waals surface area contributed by atoms with Crippen molar-refractivity contribution in [2.75, 3.05) is 6.54 Å². The van der Waals surface area contributed by atoms with E-state index in [1.54, 1.807) is 0 Å². The van der Waals surface area contributed by atoms with Crippen molar-refractivity contribution in [1.82, 2.24) is 5.32 Å². The highest BCUT2D eigenvalue weighted by Crippen LogP contribution is 2.34. The summed E-state index contributed by atoms with van der Waals surface area (Å²) in [6, 6.07) is 0.758. The molecule has 0 bridgehead atoms. The Labute approximate surface area is 94.5 Å². The van der Waals surface area contributed by atoms with Gasteiger partial charge in [0.2, 0.25) is 0 Å². The third-order valence-electron chi connectivity index (χ3n) is 3.38.